The number of benzene rings is 6. The fourth-order valence-electron chi connectivity index (χ4n) is 7.43. The maximum Gasteiger partial charge on any atom is 0.344 e. The Labute approximate surface area is 473 Å². The van der Waals surface area contributed by atoms with E-state index in [1.54, 1.807) is 72.8 Å². The third-order valence-corrected chi connectivity index (χ3v) is 11.8. The van der Waals surface area contributed by atoms with Gasteiger partial charge in [-0.25, -0.2) is 28.8 Å². The van der Waals surface area contributed by atoms with Crippen LogP contribution in [0.3, 0.4) is 0 Å². The summed E-state index contributed by atoms with van der Waals surface area (Å²) in [6, 6.07) is 34.5. The number of hydrogen-bond donors (Lipinski definition) is 0. The number of carbonyl (C=O) groups is 6. The lowest BCUT2D eigenvalue weighted by atomic mass is 10.0. The number of azo groups is 1. The van der Waals surface area contributed by atoms with Gasteiger partial charge in [-0.15, -0.1) is 0 Å². The molecule has 0 atom stereocenters. The first-order valence-electron chi connectivity index (χ1n) is 26.4. The van der Waals surface area contributed by atoms with Gasteiger partial charge >= 0.3 is 35.8 Å². The van der Waals surface area contributed by atoms with E-state index in [2.05, 4.69) is 23.4 Å². The molecule has 0 saturated heterocycles. The van der Waals surface area contributed by atoms with E-state index in [0.29, 0.717) is 55.1 Å². The number of nitro groups is 1. The molecule has 6 aromatic carbocycles. The zero-order chi connectivity index (χ0) is 58.3. The molecule has 20 heteroatoms. The second-order valence-electron chi connectivity index (χ2n) is 17.8. The van der Waals surface area contributed by atoms with Gasteiger partial charge in [0.25, 0.3) is 5.69 Å². The molecule has 6 aromatic rings. The molecule has 0 amide bonds. The predicted octanol–water partition coefficient (Wildman–Crippen LogP) is 13.0. The number of esters is 6. The van der Waals surface area contributed by atoms with Crippen LogP contribution in [-0.4, -0.2) is 80.4 Å². The average Bonchev–Trinajstić information content (AvgIpc) is 3.53. The van der Waals surface area contributed by atoms with Crippen molar-refractivity contribution in [1.82, 2.24) is 0 Å². The molecule has 0 aliphatic rings. The molecule has 6 rings (SSSR count). The van der Waals surface area contributed by atoms with Crippen LogP contribution >= 0.6 is 0 Å². The van der Waals surface area contributed by atoms with E-state index >= 15 is 0 Å². The lowest BCUT2D eigenvalue weighted by Crippen LogP contribution is -2.19. The average molecular weight is 1120 g/mol. The van der Waals surface area contributed by atoms with Gasteiger partial charge in [-0.3, -0.25) is 10.1 Å². The van der Waals surface area contributed by atoms with Gasteiger partial charge in [0.15, 0.2) is 0 Å². The highest BCUT2D eigenvalue weighted by Crippen LogP contribution is 2.26. The number of hydrogen-bond acceptors (Lipinski definition) is 19. The summed E-state index contributed by atoms with van der Waals surface area (Å²) in [5.74, 6) is -2.10. The third-order valence-electron chi connectivity index (χ3n) is 11.8. The number of non-ortho nitro benzene ring substituents is 1. The summed E-state index contributed by atoms with van der Waals surface area (Å²) >= 11 is 0. The Morgan fingerprint density at radius 3 is 1.22 bits per heavy atom. The molecule has 0 radical (unpaired) electrons. The summed E-state index contributed by atoms with van der Waals surface area (Å²) in [4.78, 5) is 86.5. The lowest BCUT2D eigenvalue weighted by Gasteiger charge is -2.13. The molecule has 0 spiro atoms. The van der Waals surface area contributed by atoms with Gasteiger partial charge in [0.2, 0.25) is 0 Å². The minimum absolute atomic E-state index is 0.0596. The van der Waals surface area contributed by atoms with Crippen molar-refractivity contribution in [2.24, 2.45) is 10.2 Å². The van der Waals surface area contributed by atoms with Crippen LogP contribution in [0.5, 0.6) is 34.5 Å². The summed E-state index contributed by atoms with van der Waals surface area (Å²) in [7, 11) is 0. The molecule has 0 unspecified atom stereocenters. The fourth-order valence-corrected chi connectivity index (χ4v) is 7.43. The molecule has 20 nitrogen and oxygen atoms in total. The Bertz CT molecular complexity index is 3120. The first-order chi connectivity index (χ1) is 39.9. The van der Waals surface area contributed by atoms with Crippen LogP contribution < -0.4 is 28.4 Å². The van der Waals surface area contributed by atoms with Crippen molar-refractivity contribution in [3.8, 4) is 34.5 Å². The number of rotatable bonds is 34. The smallest absolute Gasteiger partial charge is 0.344 e. The van der Waals surface area contributed by atoms with Crippen molar-refractivity contribution < 1.29 is 76.3 Å². The molecular formula is C62H61N3O17. The molecule has 0 saturated carbocycles. The molecule has 426 valence electrons. The van der Waals surface area contributed by atoms with Gasteiger partial charge in [-0.2, -0.15) is 10.2 Å². The van der Waals surface area contributed by atoms with Gasteiger partial charge in [0.05, 0.1) is 65.0 Å². The molecule has 0 aromatic heterocycles. The molecule has 0 fully saturated rings. The van der Waals surface area contributed by atoms with Crippen molar-refractivity contribution in [2.45, 2.75) is 64.2 Å². The van der Waals surface area contributed by atoms with Crippen LogP contribution in [0, 0.1) is 10.1 Å². The highest BCUT2D eigenvalue weighted by molar-refractivity contribution is 6.06. The maximum absolute atomic E-state index is 13.7. The van der Waals surface area contributed by atoms with Gasteiger partial charge in [0.1, 0.15) is 47.7 Å². The van der Waals surface area contributed by atoms with Crippen molar-refractivity contribution in [3.05, 3.63) is 197 Å². The van der Waals surface area contributed by atoms with Crippen LogP contribution in [0.25, 0.3) is 0 Å². The van der Waals surface area contributed by atoms with E-state index < -0.39 is 40.7 Å². The van der Waals surface area contributed by atoms with E-state index in [1.807, 2.05) is 0 Å². The van der Waals surface area contributed by atoms with Crippen LogP contribution in [0.2, 0.25) is 0 Å². The first-order valence-corrected chi connectivity index (χ1v) is 26.4. The van der Waals surface area contributed by atoms with Crippen LogP contribution in [-0.2, 0) is 23.8 Å². The van der Waals surface area contributed by atoms with E-state index in [1.165, 1.54) is 66.7 Å². The minimum atomic E-state index is -0.955. The highest BCUT2D eigenvalue weighted by Gasteiger charge is 2.24. The van der Waals surface area contributed by atoms with Crippen molar-refractivity contribution in [2.75, 3.05) is 39.6 Å². The number of nitrogens with zero attached hydrogens (tertiary/aromatic N) is 3. The number of carbonyl (C=O) groups excluding carboxylic acids is 6. The van der Waals surface area contributed by atoms with Gasteiger partial charge < -0.3 is 42.6 Å². The van der Waals surface area contributed by atoms with Gasteiger partial charge in [-0.1, -0.05) is 51.7 Å². The van der Waals surface area contributed by atoms with E-state index in [-0.39, 0.29) is 58.4 Å². The monoisotopic (exact) mass is 1120 g/mol. The summed E-state index contributed by atoms with van der Waals surface area (Å²) in [5, 5.41) is 19.0. The van der Waals surface area contributed by atoms with Crippen LogP contribution in [0.15, 0.2) is 175 Å². The Morgan fingerprint density at radius 1 is 0.390 bits per heavy atom. The Kier molecular flexibility index (Phi) is 25.0. The third kappa shape index (κ3) is 21.3. The molecule has 82 heavy (non-hydrogen) atoms. The van der Waals surface area contributed by atoms with Gasteiger partial charge in [0, 0.05) is 24.3 Å². The van der Waals surface area contributed by atoms with Crippen molar-refractivity contribution in [3.63, 3.8) is 0 Å². The number of unbranched alkanes of at least 4 members (excludes halogenated alkanes) is 8. The highest BCUT2D eigenvalue weighted by atomic mass is 16.6. The summed E-state index contributed by atoms with van der Waals surface area (Å²) in [6.07, 6.45) is 11.0. The van der Waals surface area contributed by atoms with E-state index in [9.17, 15) is 38.9 Å². The SMILES string of the molecule is C=CC(=O)OCCCCCCCOc1ccc(OC(=O)c2ccc(C(=O)Oc3ccc(OCCCCCCCOC(=O)C=C)cc3)c(C(=O)OCCOc3ccc(OC(=O)c4ccc(N=Nc5ccc([N+](=O)[O-])cc5)cc4)cc3)c2)cc1. The van der Waals surface area contributed by atoms with E-state index in [4.69, 9.17) is 42.6 Å². The quantitative estimate of drug-likeness (QED) is 0.00532. The molecule has 0 aliphatic carbocycles. The largest absolute Gasteiger partial charge is 0.494 e. The second kappa shape index (κ2) is 33.5. The second-order valence-corrected chi connectivity index (χ2v) is 17.8. The number of ether oxygens (including phenoxy) is 9. The Balaban J connectivity index is 1.00. The summed E-state index contributed by atoms with van der Waals surface area (Å²) < 4.78 is 49.7. The minimum Gasteiger partial charge on any atom is -0.494 e. The summed E-state index contributed by atoms with van der Waals surface area (Å²) in [5.41, 5.74) is 0.495. The van der Waals surface area contributed by atoms with Crippen molar-refractivity contribution >= 4 is 52.9 Å². The van der Waals surface area contributed by atoms with Crippen LogP contribution in [0.1, 0.15) is 106 Å². The molecule has 0 heterocycles. The molecule has 0 bridgehead atoms. The Morgan fingerprint density at radius 2 is 0.768 bits per heavy atom. The van der Waals surface area contributed by atoms with Crippen molar-refractivity contribution in [1.29, 1.82) is 0 Å². The van der Waals surface area contributed by atoms with Gasteiger partial charge in [-0.05, 0) is 153 Å². The predicted molar refractivity (Wildman–Crippen MR) is 300 cm³/mol. The fraction of sp³-hybridized carbons (Fsp3) is 0.258. The zero-order valence-corrected chi connectivity index (χ0v) is 44.9. The lowest BCUT2D eigenvalue weighted by molar-refractivity contribution is -0.384. The molecule has 0 aliphatic heterocycles. The van der Waals surface area contributed by atoms with Crippen LogP contribution in [0.4, 0.5) is 17.1 Å². The van der Waals surface area contributed by atoms with E-state index in [0.717, 1.165) is 76.4 Å². The number of nitro benzene ring substituents is 1. The molecule has 0 N–H and O–H groups in total. The topological polar surface area (TPSA) is 253 Å². The maximum atomic E-state index is 13.7. The normalized spacial score (nSPS) is 10.7. The Hall–Kier alpha value is -9.98. The molecular weight excluding hydrogens is 1060 g/mol. The summed E-state index contributed by atoms with van der Waals surface area (Å²) in [6.45, 7) is 8.01. The zero-order valence-electron chi connectivity index (χ0n) is 44.9. The first kappa shape index (κ1) is 61.2. The standard InChI is InChI=1S/C62H61N3O17/c1-3-57(66)77-39-13-9-5-7-11-37-74-49-24-30-53(31-25-49)81-60(69)45-17-36-55(62(71)82-54-34-26-50(27-35-54)75-38-12-8-6-10-14-40-78-58(67)4-2)56(43-45)61(70)79-42-41-76-51-28-32-52(33-29-51)80-59(68)44-15-18-46(19-16-44)63-64-47-20-22-48(23-21-47)65(72)73/h3-4,15-36,43H,1-2,5-14,37-42H2.